The summed E-state index contributed by atoms with van der Waals surface area (Å²) in [4.78, 5) is 18.8. The summed E-state index contributed by atoms with van der Waals surface area (Å²) in [6, 6.07) is 7.71. The Bertz CT molecular complexity index is 1060. The number of guanidine groups is 1. The van der Waals surface area contributed by atoms with Gasteiger partial charge in [-0.2, -0.15) is 8.78 Å². The normalized spacial score (nSPS) is 18.3. The molecular formula is C22H22F5N3O3. The lowest BCUT2D eigenvalue weighted by molar-refractivity contribution is -0.129. The Hall–Kier alpha value is -3.37. The number of aliphatic imine (C=N–C) groups is 1. The molecule has 0 saturated heterocycles. The van der Waals surface area contributed by atoms with Crippen molar-refractivity contribution >= 4 is 11.9 Å². The Morgan fingerprint density at radius 2 is 1.76 bits per heavy atom. The number of alkyl halides is 4. The summed E-state index contributed by atoms with van der Waals surface area (Å²) in [5.41, 5.74) is 4.98. The summed E-state index contributed by atoms with van der Waals surface area (Å²) in [6.45, 7) is -1.76. The lowest BCUT2D eigenvalue weighted by Gasteiger charge is -2.27. The van der Waals surface area contributed by atoms with Gasteiger partial charge in [-0.3, -0.25) is 9.69 Å². The molecule has 3 rings (SSSR count). The van der Waals surface area contributed by atoms with E-state index in [1.807, 2.05) is 0 Å². The van der Waals surface area contributed by atoms with Gasteiger partial charge >= 0.3 is 6.61 Å². The van der Waals surface area contributed by atoms with Crippen molar-refractivity contribution in [3.05, 3.63) is 58.9 Å². The molecule has 33 heavy (non-hydrogen) atoms. The number of nitrogens with zero attached hydrogens (tertiary/aromatic N) is 2. The maximum absolute atomic E-state index is 14.3. The van der Waals surface area contributed by atoms with E-state index < -0.39 is 43.3 Å². The van der Waals surface area contributed by atoms with Crippen molar-refractivity contribution in [3.8, 4) is 11.5 Å². The van der Waals surface area contributed by atoms with Crippen LogP contribution >= 0.6 is 0 Å². The van der Waals surface area contributed by atoms with Crippen molar-refractivity contribution < 1.29 is 36.2 Å². The lowest BCUT2D eigenvalue weighted by Crippen LogP contribution is -2.41. The fraction of sp³-hybridized carbons (Fsp3) is 0.364. The summed E-state index contributed by atoms with van der Waals surface area (Å²) in [6.07, 6.45) is -2.92. The highest BCUT2D eigenvalue weighted by atomic mass is 19.3. The monoisotopic (exact) mass is 471 g/mol. The molecule has 11 heteroatoms. The van der Waals surface area contributed by atoms with Gasteiger partial charge in [0.05, 0.1) is 6.61 Å². The van der Waals surface area contributed by atoms with E-state index in [4.69, 9.17) is 10.5 Å². The van der Waals surface area contributed by atoms with Gasteiger partial charge in [-0.25, -0.2) is 18.2 Å². The minimum atomic E-state index is -3.03. The first-order valence-corrected chi connectivity index (χ1v) is 10.0. The number of halogens is 5. The molecule has 0 aromatic heterocycles. The predicted octanol–water partition coefficient (Wildman–Crippen LogP) is 4.05. The molecule has 0 radical (unpaired) electrons. The van der Waals surface area contributed by atoms with E-state index in [0.29, 0.717) is 12.0 Å². The van der Waals surface area contributed by atoms with E-state index in [9.17, 15) is 26.7 Å². The number of amides is 1. The van der Waals surface area contributed by atoms with Crippen molar-refractivity contribution in [3.63, 3.8) is 0 Å². The molecule has 1 atom stereocenters. The molecule has 0 spiro atoms. The summed E-state index contributed by atoms with van der Waals surface area (Å²) in [7, 11) is 1.40. The van der Waals surface area contributed by atoms with Crippen molar-refractivity contribution in [2.24, 2.45) is 10.7 Å². The topological polar surface area (TPSA) is 77.2 Å². The zero-order valence-electron chi connectivity index (χ0n) is 17.8. The first-order valence-electron chi connectivity index (χ1n) is 10.0. The second kappa shape index (κ2) is 9.63. The van der Waals surface area contributed by atoms with E-state index >= 15 is 0 Å². The number of hydrogen-bond donors (Lipinski definition) is 1. The zero-order valence-corrected chi connectivity index (χ0v) is 17.8. The number of hydrogen-bond acceptors (Lipinski definition) is 5. The van der Waals surface area contributed by atoms with Gasteiger partial charge in [-0.1, -0.05) is 19.1 Å². The fourth-order valence-corrected chi connectivity index (χ4v) is 3.57. The maximum Gasteiger partial charge on any atom is 0.387 e. The molecule has 0 unspecified atom stereocenters. The Kier molecular flexibility index (Phi) is 7.09. The number of carbonyl (C=O) groups excluding carboxylic acids is 1. The number of carbonyl (C=O) groups is 1. The van der Waals surface area contributed by atoms with Gasteiger partial charge in [0, 0.05) is 13.5 Å². The number of likely N-dealkylation sites (N-methyl/N-ethyl adjacent to an activating group) is 1. The molecule has 0 fully saturated rings. The molecule has 2 aromatic rings. The zero-order chi connectivity index (χ0) is 24.3. The van der Waals surface area contributed by atoms with Gasteiger partial charge in [-0.05, 0) is 47.4 Å². The number of benzene rings is 2. The SMILES string of the molecule is CCc1cc([C@@]2(c3ccc(F)c(OCCC(F)F)c3)N=C(N)N(C)C2=O)ccc1OC(F)F. The van der Waals surface area contributed by atoms with Gasteiger partial charge in [0.2, 0.25) is 6.43 Å². The van der Waals surface area contributed by atoms with Crippen LogP contribution in [0.15, 0.2) is 41.4 Å². The molecule has 2 N–H and O–H groups in total. The van der Waals surface area contributed by atoms with Crippen molar-refractivity contribution in [2.75, 3.05) is 13.7 Å². The average molecular weight is 471 g/mol. The van der Waals surface area contributed by atoms with Crippen LogP contribution in [0.1, 0.15) is 30.0 Å². The van der Waals surface area contributed by atoms with Crippen molar-refractivity contribution in [2.45, 2.75) is 38.3 Å². The largest absolute Gasteiger partial charge is 0.490 e. The first kappa shape index (κ1) is 24.3. The quantitative estimate of drug-likeness (QED) is 0.560. The Balaban J connectivity index is 2.14. The van der Waals surface area contributed by atoms with E-state index in [0.717, 1.165) is 11.0 Å². The fourth-order valence-electron chi connectivity index (χ4n) is 3.57. The molecule has 1 heterocycles. The highest BCUT2D eigenvalue weighted by molar-refractivity contribution is 6.09. The van der Waals surface area contributed by atoms with Crippen LogP contribution in [0.2, 0.25) is 0 Å². The van der Waals surface area contributed by atoms with Crippen LogP contribution in [0.3, 0.4) is 0 Å². The van der Waals surface area contributed by atoms with Crippen LogP contribution in [0.4, 0.5) is 22.0 Å². The number of nitrogens with two attached hydrogens (primary N) is 1. The molecule has 1 aliphatic rings. The van der Waals surface area contributed by atoms with Crippen molar-refractivity contribution in [1.82, 2.24) is 4.90 Å². The van der Waals surface area contributed by atoms with E-state index in [2.05, 4.69) is 9.73 Å². The van der Waals surface area contributed by atoms with E-state index in [-0.39, 0.29) is 28.6 Å². The predicted molar refractivity (Wildman–Crippen MR) is 110 cm³/mol. The van der Waals surface area contributed by atoms with Gasteiger partial charge in [0.25, 0.3) is 5.91 Å². The summed E-state index contributed by atoms with van der Waals surface area (Å²) >= 11 is 0. The summed E-state index contributed by atoms with van der Waals surface area (Å²) < 4.78 is 74.4. The van der Waals surface area contributed by atoms with Crippen LogP contribution in [0.25, 0.3) is 0 Å². The maximum atomic E-state index is 14.3. The standard InChI is InChI=1S/C22H22F5N3O3/c1-3-12-10-13(5-7-16(12)33-20(26)27)22(19(31)30(2)21(28)29-22)14-4-6-15(23)17(11-14)32-9-8-18(24)25/h4-7,10-11,18,20H,3,8-9H2,1-2H3,(H2,28,29)/t22-/m0/s1. The number of aryl methyl sites for hydroxylation is 1. The van der Waals surface area contributed by atoms with E-state index in [1.165, 1.54) is 37.4 Å². The van der Waals surface area contributed by atoms with Crippen LogP contribution in [-0.2, 0) is 16.8 Å². The number of rotatable bonds is 9. The molecule has 1 aliphatic heterocycles. The molecule has 2 aromatic carbocycles. The third-order valence-electron chi connectivity index (χ3n) is 5.26. The van der Waals surface area contributed by atoms with Gasteiger partial charge < -0.3 is 15.2 Å². The Morgan fingerprint density at radius 1 is 1.09 bits per heavy atom. The average Bonchev–Trinajstić information content (AvgIpc) is 2.99. The molecule has 178 valence electrons. The van der Waals surface area contributed by atoms with Crippen molar-refractivity contribution in [1.29, 1.82) is 0 Å². The van der Waals surface area contributed by atoms with Crippen LogP contribution in [0, 0.1) is 5.82 Å². The minimum Gasteiger partial charge on any atom is -0.490 e. The Labute approximate surface area is 186 Å². The van der Waals surface area contributed by atoms with Gasteiger partial charge in [0.1, 0.15) is 5.75 Å². The summed E-state index contributed by atoms with van der Waals surface area (Å²) in [5.74, 6) is -1.90. The van der Waals surface area contributed by atoms with Gasteiger partial charge in [0.15, 0.2) is 23.1 Å². The third-order valence-corrected chi connectivity index (χ3v) is 5.26. The summed E-state index contributed by atoms with van der Waals surface area (Å²) in [5, 5.41) is 0. The van der Waals surface area contributed by atoms with Crippen LogP contribution < -0.4 is 15.2 Å². The Morgan fingerprint density at radius 3 is 2.33 bits per heavy atom. The second-order valence-corrected chi connectivity index (χ2v) is 7.27. The number of ether oxygens (including phenoxy) is 2. The molecule has 6 nitrogen and oxygen atoms in total. The molecule has 0 saturated carbocycles. The highest BCUT2D eigenvalue weighted by Crippen LogP contribution is 2.42. The minimum absolute atomic E-state index is 0.0581. The molecule has 0 bridgehead atoms. The lowest BCUT2D eigenvalue weighted by atomic mass is 9.81. The molecule has 1 amide bonds. The second-order valence-electron chi connectivity index (χ2n) is 7.27. The molecule has 0 aliphatic carbocycles. The van der Waals surface area contributed by atoms with Gasteiger partial charge in [-0.15, -0.1) is 0 Å². The third kappa shape index (κ3) is 4.71. The smallest absolute Gasteiger partial charge is 0.387 e. The van der Waals surface area contributed by atoms with E-state index in [1.54, 1.807) is 6.92 Å². The first-order chi connectivity index (χ1) is 15.6. The van der Waals surface area contributed by atoms with Crippen LogP contribution in [0.5, 0.6) is 11.5 Å². The highest BCUT2D eigenvalue weighted by Gasteiger charge is 2.50. The van der Waals surface area contributed by atoms with Crippen LogP contribution in [-0.4, -0.2) is 43.5 Å². The molecular weight excluding hydrogens is 449 g/mol.